The van der Waals surface area contributed by atoms with E-state index in [1.54, 1.807) is 0 Å². The summed E-state index contributed by atoms with van der Waals surface area (Å²) in [6.45, 7) is 4.51. The summed E-state index contributed by atoms with van der Waals surface area (Å²) in [5, 5.41) is 13.2. The molecule has 1 unspecified atom stereocenters. The van der Waals surface area contributed by atoms with Crippen molar-refractivity contribution in [2.45, 2.75) is 38.3 Å². The van der Waals surface area contributed by atoms with Crippen LogP contribution in [0.1, 0.15) is 31.2 Å². The van der Waals surface area contributed by atoms with Gasteiger partial charge in [-0.3, -0.25) is 0 Å². The van der Waals surface area contributed by atoms with E-state index >= 15 is 0 Å². The highest BCUT2D eigenvalue weighted by atomic mass is 16.3. The Morgan fingerprint density at radius 2 is 1.73 bits per heavy atom. The molecule has 4 heteroatoms. The summed E-state index contributed by atoms with van der Waals surface area (Å²) in [4.78, 5) is 4.51. The molecular formula is C18H31N3O. The predicted octanol–water partition coefficient (Wildman–Crippen LogP) is 2.08. The molecule has 1 saturated heterocycles. The molecule has 1 aromatic carbocycles. The lowest BCUT2D eigenvalue weighted by Gasteiger charge is -2.23. The number of aliphatic hydroxyl groups excluding tert-OH is 1. The third-order valence-corrected chi connectivity index (χ3v) is 4.19. The fourth-order valence-corrected chi connectivity index (χ4v) is 3.02. The summed E-state index contributed by atoms with van der Waals surface area (Å²) >= 11 is 0. The number of nitrogens with one attached hydrogen (secondary N) is 1. The van der Waals surface area contributed by atoms with Gasteiger partial charge in [0.1, 0.15) is 0 Å². The molecule has 1 aliphatic rings. The molecule has 124 valence electrons. The van der Waals surface area contributed by atoms with Crippen LogP contribution in [0.25, 0.3) is 0 Å². The number of likely N-dealkylation sites (N-methyl/N-ethyl adjacent to an activating group) is 1. The van der Waals surface area contributed by atoms with Gasteiger partial charge in [0.05, 0.1) is 6.10 Å². The maximum absolute atomic E-state index is 9.83. The second-order valence-corrected chi connectivity index (χ2v) is 6.61. The average Bonchev–Trinajstić information content (AvgIpc) is 2.76. The summed E-state index contributed by atoms with van der Waals surface area (Å²) in [7, 11) is 3.95. The minimum Gasteiger partial charge on any atom is -0.390 e. The number of benzene rings is 1. The Balaban J connectivity index is 1.76. The van der Waals surface area contributed by atoms with Gasteiger partial charge < -0.3 is 20.2 Å². The molecule has 0 spiro atoms. The summed E-state index contributed by atoms with van der Waals surface area (Å²) < 4.78 is 0. The van der Waals surface area contributed by atoms with Gasteiger partial charge in [0.2, 0.25) is 0 Å². The van der Waals surface area contributed by atoms with Crippen LogP contribution < -0.4 is 10.2 Å². The quantitative estimate of drug-likeness (QED) is 0.809. The van der Waals surface area contributed by atoms with E-state index in [0.717, 1.165) is 6.54 Å². The van der Waals surface area contributed by atoms with Crippen molar-refractivity contribution in [3.05, 3.63) is 29.8 Å². The number of rotatable bonds is 7. The zero-order valence-corrected chi connectivity index (χ0v) is 14.1. The Bertz CT molecular complexity index is 411. The highest BCUT2D eigenvalue weighted by Gasteiger charge is 2.09. The van der Waals surface area contributed by atoms with Crippen LogP contribution in [0.3, 0.4) is 0 Å². The molecule has 1 aliphatic heterocycles. The second kappa shape index (κ2) is 9.13. The molecule has 0 aliphatic carbocycles. The number of hydrogen-bond donors (Lipinski definition) is 2. The molecule has 1 heterocycles. The molecule has 2 N–H and O–H groups in total. The molecule has 2 rings (SSSR count). The Morgan fingerprint density at radius 1 is 1.09 bits per heavy atom. The van der Waals surface area contributed by atoms with Gasteiger partial charge >= 0.3 is 0 Å². The maximum Gasteiger partial charge on any atom is 0.0791 e. The van der Waals surface area contributed by atoms with Crippen LogP contribution in [-0.4, -0.2) is 56.4 Å². The summed E-state index contributed by atoms with van der Waals surface area (Å²) in [6, 6.07) is 8.87. The van der Waals surface area contributed by atoms with E-state index in [1.807, 2.05) is 19.0 Å². The molecule has 1 atom stereocenters. The van der Waals surface area contributed by atoms with Crippen LogP contribution in [0.4, 0.5) is 5.69 Å². The van der Waals surface area contributed by atoms with Crippen LogP contribution >= 0.6 is 0 Å². The fourth-order valence-electron chi connectivity index (χ4n) is 3.02. The van der Waals surface area contributed by atoms with E-state index in [0.29, 0.717) is 13.1 Å². The van der Waals surface area contributed by atoms with E-state index < -0.39 is 0 Å². The first-order valence-electron chi connectivity index (χ1n) is 8.52. The van der Waals surface area contributed by atoms with Crippen molar-refractivity contribution >= 4 is 5.69 Å². The molecule has 0 saturated carbocycles. The smallest absolute Gasteiger partial charge is 0.0791 e. The van der Waals surface area contributed by atoms with Crippen molar-refractivity contribution < 1.29 is 5.11 Å². The van der Waals surface area contributed by atoms with E-state index in [-0.39, 0.29) is 6.10 Å². The monoisotopic (exact) mass is 305 g/mol. The first-order chi connectivity index (χ1) is 10.6. The van der Waals surface area contributed by atoms with Crippen molar-refractivity contribution in [2.24, 2.45) is 0 Å². The van der Waals surface area contributed by atoms with Gasteiger partial charge in [-0.1, -0.05) is 25.0 Å². The molecule has 1 fully saturated rings. The first kappa shape index (κ1) is 17.3. The molecule has 0 amide bonds. The van der Waals surface area contributed by atoms with Crippen LogP contribution in [0.2, 0.25) is 0 Å². The van der Waals surface area contributed by atoms with Gasteiger partial charge in [-0.15, -0.1) is 0 Å². The third-order valence-electron chi connectivity index (χ3n) is 4.19. The molecule has 0 aromatic heterocycles. The molecule has 1 aromatic rings. The van der Waals surface area contributed by atoms with Crippen molar-refractivity contribution in [3.63, 3.8) is 0 Å². The lowest BCUT2D eigenvalue weighted by Crippen LogP contribution is -2.34. The van der Waals surface area contributed by atoms with E-state index in [9.17, 15) is 5.11 Å². The summed E-state index contributed by atoms with van der Waals surface area (Å²) in [6.07, 6.45) is 5.05. The van der Waals surface area contributed by atoms with E-state index in [2.05, 4.69) is 34.5 Å². The van der Waals surface area contributed by atoms with Crippen molar-refractivity contribution in [1.82, 2.24) is 10.2 Å². The molecule has 0 radical (unpaired) electrons. The highest BCUT2D eigenvalue weighted by Crippen LogP contribution is 2.19. The molecule has 22 heavy (non-hydrogen) atoms. The van der Waals surface area contributed by atoms with Crippen LogP contribution in [0, 0.1) is 0 Å². The SMILES string of the molecule is CN(C)CC(O)CNCc1ccc(N2CCCCCC2)cc1. The van der Waals surface area contributed by atoms with Crippen LogP contribution in [0.5, 0.6) is 0 Å². The number of anilines is 1. The normalized spacial score (nSPS) is 17.5. The third kappa shape index (κ3) is 5.95. The van der Waals surface area contributed by atoms with Gasteiger partial charge in [0.15, 0.2) is 0 Å². The largest absolute Gasteiger partial charge is 0.390 e. The van der Waals surface area contributed by atoms with Crippen molar-refractivity contribution in [3.8, 4) is 0 Å². The zero-order valence-electron chi connectivity index (χ0n) is 14.1. The molecule has 0 bridgehead atoms. The van der Waals surface area contributed by atoms with Gasteiger partial charge in [0, 0.05) is 38.4 Å². The topological polar surface area (TPSA) is 38.7 Å². The number of hydrogen-bond acceptors (Lipinski definition) is 4. The van der Waals surface area contributed by atoms with E-state index in [1.165, 1.54) is 50.0 Å². The van der Waals surface area contributed by atoms with Crippen LogP contribution in [0.15, 0.2) is 24.3 Å². The van der Waals surface area contributed by atoms with Gasteiger partial charge in [-0.25, -0.2) is 0 Å². The maximum atomic E-state index is 9.83. The fraction of sp³-hybridized carbons (Fsp3) is 0.667. The summed E-state index contributed by atoms with van der Waals surface area (Å²) in [5.74, 6) is 0. The van der Waals surface area contributed by atoms with Gasteiger partial charge in [-0.05, 0) is 44.6 Å². The average molecular weight is 305 g/mol. The van der Waals surface area contributed by atoms with Gasteiger partial charge in [0.25, 0.3) is 0 Å². The number of nitrogens with zero attached hydrogens (tertiary/aromatic N) is 2. The predicted molar refractivity (Wildman–Crippen MR) is 93.4 cm³/mol. The molecule has 4 nitrogen and oxygen atoms in total. The van der Waals surface area contributed by atoms with Crippen molar-refractivity contribution in [1.29, 1.82) is 0 Å². The highest BCUT2D eigenvalue weighted by molar-refractivity contribution is 5.47. The minimum absolute atomic E-state index is 0.314. The van der Waals surface area contributed by atoms with E-state index in [4.69, 9.17) is 0 Å². The Morgan fingerprint density at radius 3 is 2.32 bits per heavy atom. The Labute approximate surface area is 135 Å². The van der Waals surface area contributed by atoms with Gasteiger partial charge in [-0.2, -0.15) is 0 Å². The van der Waals surface area contributed by atoms with Crippen molar-refractivity contribution in [2.75, 3.05) is 45.2 Å². The zero-order chi connectivity index (χ0) is 15.8. The first-order valence-corrected chi connectivity index (χ1v) is 8.52. The minimum atomic E-state index is -0.314. The molecular weight excluding hydrogens is 274 g/mol. The number of aliphatic hydroxyl groups is 1. The van der Waals surface area contributed by atoms with Crippen LogP contribution in [-0.2, 0) is 6.54 Å². The Kier molecular flexibility index (Phi) is 7.16. The Hall–Kier alpha value is -1.10. The standard InChI is InChI=1S/C18H31N3O/c1-20(2)15-18(22)14-19-13-16-7-9-17(10-8-16)21-11-5-3-4-6-12-21/h7-10,18-19,22H,3-6,11-15H2,1-2H3. The lowest BCUT2D eigenvalue weighted by molar-refractivity contribution is 0.134. The second-order valence-electron chi connectivity index (χ2n) is 6.61. The lowest BCUT2D eigenvalue weighted by atomic mass is 10.2. The summed E-state index contributed by atoms with van der Waals surface area (Å²) in [5.41, 5.74) is 2.62.